The standard InChI is InChI=1S/C42H48F4N4O2/c1-6-31-25(3)8-9-34-35(31)18-26(4)50(23-39(45)46)41(34)40-36(43)19-29(20-37(40)44)48-14-12-28(13-15-48)21-47-16-17-49-30(22-47)24-52-42-32(7-2)33(27(5)51)10-11-38(42)49/h1,8-11,19-20,26,28,30,39,41H,7,12-18,21-24H2,2-5H3/t26?,30?,41-/m0/s1. The van der Waals surface area contributed by atoms with Crippen molar-refractivity contribution in [1.82, 2.24) is 9.80 Å². The Morgan fingerprint density at radius 3 is 2.44 bits per heavy atom. The lowest BCUT2D eigenvalue weighted by molar-refractivity contribution is 0.0445. The van der Waals surface area contributed by atoms with E-state index < -0.39 is 36.7 Å². The SMILES string of the molecule is C#Cc1c(C)ccc2c1CC(C)N(CC(F)F)[C@@H]2c1c(F)cc(N2CCC(CN3CCN4c5ccc(C(C)=O)c(CC)c5OCC4C3)CC2)cc1F. The molecule has 6 nitrogen and oxygen atoms in total. The number of terminal acetylenes is 1. The fourth-order valence-electron chi connectivity index (χ4n) is 9.23. The molecule has 7 rings (SSSR count). The Balaban J connectivity index is 1.02. The lowest BCUT2D eigenvalue weighted by Crippen LogP contribution is -2.58. The molecule has 0 bridgehead atoms. The third-order valence-electron chi connectivity index (χ3n) is 11.8. The van der Waals surface area contributed by atoms with Crippen molar-refractivity contribution in [3.63, 3.8) is 0 Å². The highest BCUT2D eigenvalue weighted by Gasteiger charge is 2.40. The second-order valence-corrected chi connectivity index (χ2v) is 15.0. The number of alkyl halides is 2. The van der Waals surface area contributed by atoms with Crippen LogP contribution in [0.2, 0.25) is 0 Å². The van der Waals surface area contributed by atoms with Crippen molar-refractivity contribution < 1.29 is 27.1 Å². The average Bonchev–Trinajstić information content (AvgIpc) is 3.11. The van der Waals surface area contributed by atoms with Gasteiger partial charge < -0.3 is 14.5 Å². The summed E-state index contributed by atoms with van der Waals surface area (Å²) in [6.07, 6.45) is 6.15. The molecule has 4 aliphatic rings. The molecule has 0 aromatic heterocycles. The molecule has 2 saturated heterocycles. The summed E-state index contributed by atoms with van der Waals surface area (Å²) in [6.45, 7) is 12.3. The third-order valence-corrected chi connectivity index (χ3v) is 11.8. The quantitative estimate of drug-likeness (QED) is 0.137. The highest BCUT2D eigenvalue weighted by atomic mass is 19.3. The van der Waals surface area contributed by atoms with Gasteiger partial charge in [-0.05, 0) is 93.3 Å². The highest BCUT2D eigenvalue weighted by molar-refractivity contribution is 5.97. The van der Waals surface area contributed by atoms with Crippen molar-refractivity contribution in [3.05, 3.63) is 87.0 Å². The lowest BCUT2D eigenvalue weighted by atomic mass is 9.81. The number of aryl methyl sites for hydroxylation is 1. The number of Topliss-reactive ketones (excluding diaryl/α,β-unsaturated/α-hetero) is 1. The monoisotopic (exact) mass is 716 g/mol. The van der Waals surface area contributed by atoms with E-state index >= 15 is 8.78 Å². The summed E-state index contributed by atoms with van der Waals surface area (Å²) in [5, 5.41) is 0. The number of ketones is 1. The smallest absolute Gasteiger partial charge is 0.251 e. The molecule has 4 heterocycles. The first-order chi connectivity index (χ1) is 25.0. The number of anilines is 2. The van der Waals surface area contributed by atoms with Crippen LogP contribution in [0.15, 0.2) is 36.4 Å². The van der Waals surface area contributed by atoms with E-state index in [4.69, 9.17) is 11.2 Å². The minimum Gasteiger partial charge on any atom is -0.489 e. The molecule has 2 fully saturated rings. The molecule has 276 valence electrons. The predicted molar refractivity (Wildman–Crippen MR) is 197 cm³/mol. The minimum atomic E-state index is -2.66. The van der Waals surface area contributed by atoms with Crippen molar-refractivity contribution in [3.8, 4) is 18.1 Å². The molecule has 2 unspecified atom stereocenters. The summed E-state index contributed by atoms with van der Waals surface area (Å²) in [5.41, 5.74) is 5.99. The number of carbonyl (C=O) groups excluding carboxylic acids is 1. The van der Waals surface area contributed by atoms with E-state index in [1.165, 1.54) is 17.0 Å². The zero-order valence-corrected chi connectivity index (χ0v) is 30.5. The second-order valence-electron chi connectivity index (χ2n) is 15.0. The van der Waals surface area contributed by atoms with E-state index in [0.29, 0.717) is 48.8 Å². The van der Waals surface area contributed by atoms with Gasteiger partial charge in [-0.3, -0.25) is 14.6 Å². The molecular weight excluding hydrogens is 668 g/mol. The maximum absolute atomic E-state index is 16.2. The number of benzene rings is 3. The summed E-state index contributed by atoms with van der Waals surface area (Å²) in [6, 6.07) is 9.13. The fourth-order valence-corrected chi connectivity index (χ4v) is 9.23. The van der Waals surface area contributed by atoms with Gasteiger partial charge in [-0.15, -0.1) is 6.42 Å². The topological polar surface area (TPSA) is 39.3 Å². The van der Waals surface area contributed by atoms with E-state index in [9.17, 15) is 13.6 Å². The van der Waals surface area contributed by atoms with Crippen molar-refractivity contribution >= 4 is 17.2 Å². The molecule has 10 heteroatoms. The number of carbonyl (C=O) groups is 1. The van der Waals surface area contributed by atoms with Gasteiger partial charge in [0, 0.05) is 73.3 Å². The van der Waals surface area contributed by atoms with Crippen LogP contribution in [-0.4, -0.2) is 86.5 Å². The van der Waals surface area contributed by atoms with Gasteiger partial charge in [0.25, 0.3) is 6.43 Å². The van der Waals surface area contributed by atoms with Gasteiger partial charge >= 0.3 is 0 Å². The Morgan fingerprint density at radius 2 is 1.79 bits per heavy atom. The van der Waals surface area contributed by atoms with E-state index in [0.717, 1.165) is 79.1 Å². The van der Waals surface area contributed by atoms with Crippen LogP contribution >= 0.6 is 0 Å². The van der Waals surface area contributed by atoms with E-state index in [1.54, 1.807) is 13.0 Å². The number of hydrogen-bond donors (Lipinski definition) is 0. The number of rotatable bonds is 8. The van der Waals surface area contributed by atoms with Crippen LogP contribution in [0.1, 0.15) is 83.4 Å². The molecule has 3 atom stereocenters. The third kappa shape index (κ3) is 6.67. The molecule has 0 aliphatic carbocycles. The largest absolute Gasteiger partial charge is 0.489 e. The van der Waals surface area contributed by atoms with Crippen LogP contribution in [0.25, 0.3) is 0 Å². The van der Waals surface area contributed by atoms with Crippen LogP contribution in [0.5, 0.6) is 5.75 Å². The van der Waals surface area contributed by atoms with Crippen LogP contribution in [0, 0.1) is 36.8 Å². The Hall–Kier alpha value is -4.07. The molecule has 0 spiro atoms. The average molecular weight is 717 g/mol. The second kappa shape index (κ2) is 14.7. The van der Waals surface area contributed by atoms with Crippen LogP contribution < -0.4 is 14.5 Å². The first kappa shape index (κ1) is 36.3. The number of fused-ring (bicyclic) bond motifs is 4. The fraction of sp³-hybridized carbons (Fsp3) is 0.500. The number of ether oxygens (including phenoxy) is 1. The van der Waals surface area contributed by atoms with Crippen molar-refractivity contribution in [2.24, 2.45) is 5.92 Å². The number of piperidine rings is 1. The summed E-state index contributed by atoms with van der Waals surface area (Å²) < 4.78 is 66.4. The van der Waals surface area contributed by atoms with Gasteiger partial charge in [0.2, 0.25) is 0 Å². The van der Waals surface area contributed by atoms with E-state index in [2.05, 4.69) is 22.6 Å². The summed E-state index contributed by atoms with van der Waals surface area (Å²) in [4.78, 5) is 20.7. The maximum atomic E-state index is 16.2. The Kier molecular flexibility index (Phi) is 10.3. The van der Waals surface area contributed by atoms with Gasteiger partial charge in [-0.25, -0.2) is 17.6 Å². The van der Waals surface area contributed by atoms with Crippen LogP contribution in [0.3, 0.4) is 0 Å². The number of halogens is 4. The number of nitrogens with zero attached hydrogens (tertiary/aromatic N) is 4. The first-order valence-electron chi connectivity index (χ1n) is 18.6. The lowest BCUT2D eigenvalue weighted by Gasteiger charge is -2.47. The van der Waals surface area contributed by atoms with E-state index in [-0.39, 0.29) is 17.4 Å². The molecule has 0 saturated carbocycles. The summed E-state index contributed by atoms with van der Waals surface area (Å²) >= 11 is 0. The van der Waals surface area contributed by atoms with Gasteiger partial charge in [0.1, 0.15) is 24.0 Å². The van der Waals surface area contributed by atoms with Crippen molar-refractivity contribution in [2.45, 2.75) is 77.9 Å². The van der Waals surface area contributed by atoms with Crippen molar-refractivity contribution in [1.29, 1.82) is 0 Å². The Bertz CT molecular complexity index is 1860. The Morgan fingerprint density at radius 1 is 1.06 bits per heavy atom. The maximum Gasteiger partial charge on any atom is 0.251 e. The van der Waals surface area contributed by atoms with Gasteiger partial charge in [0.15, 0.2) is 5.78 Å². The first-order valence-corrected chi connectivity index (χ1v) is 18.6. The molecule has 0 amide bonds. The van der Waals surface area contributed by atoms with Crippen molar-refractivity contribution in [2.75, 3.05) is 62.2 Å². The van der Waals surface area contributed by atoms with Gasteiger partial charge in [-0.2, -0.15) is 0 Å². The molecule has 0 radical (unpaired) electrons. The predicted octanol–water partition coefficient (Wildman–Crippen LogP) is 7.42. The molecule has 3 aromatic carbocycles. The molecule has 52 heavy (non-hydrogen) atoms. The van der Waals surface area contributed by atoms with Crippen LogP contribution in [-0.2, 0) is 12.8 Å². The number of piperazine rings is 1. The normalized spacial score (nSPS) is 22.4. The summed E-state index contributed by atoms with van der Waals surface area (Å²) in [5.74, 6) is 2.62. The molecule has 0 N–H and O–H groups in total. The Labute approximate surface area is 304 Å². The summed E-state index contributed by atoms with van der Waals surface area (Å²) in [7, 11) is 0. The zero-order chi connectivity index (χ0) is 36.8. The van der Waals surface area contributed by atoms with Gasteiger partial charge in [0.05, 0.1) is 24.3 Å². The molecule has 4 aliphatic heterocycles. The molecular formula is C42H48F4N4O2. The molecule has 3 aromatic rings. The highest BCUT2D eigenvalue weighted by Crippen LogP contribution is 2.44. The minimum absolute atomic E-state index is 0.0578. The van der Waals surface area contributed by atoms with Crippen LogP contribution in [0.4, 0.5) is 28.9 Å². The number of hydrogen-bond acceptors (Lipinski definition) is 6. The van der Waals surface area contributed by atoms with Gasteiger partial charge in [-0.1, -0.05) is 25.0 Å². The zero-order valence-electron chi connectivity index (χ0n) is 30.5. The van der Waals surface area contributed by atoms with E-state index in [1.807, 2.05) is 36.9 Å².